The van der Waals surface area contributed by atoms with Crippen LogP contribution >= 0.6 is 0 Å². The SMILES string of the molecule is CC/C=C/C/C=C/C/C=C/C/C=C/C/C=C/CCCCCCCCC(=O)OCC(COCCC(C(=O)[O-])[N+](C)(C)C)OC(=O)CCCC/C=C/C/C=C/C/C=C/C/C=C/C/C=C/CCCCC. The van der Waals surface area contributed by atoms with Gasteiger partial charge in [-0.1, -0.05) is 174 Å². The van der Waals surface area contributed by atoms with E-state index < -0.39 is 18.1 Å². The molecular formula is C59H95NO7. The van der Waals surface area contributed by atoms with Crippen LogP contribution in [0, 0.1) is 0 Å². The molecule has 0 bridgehead atoms. The summed E-state index contributed by atoms with van der Waals surface area (Å²) in [6.45, 7) is 4.44. The smallest absolute Gasteiger partial charge is 0.306 e. The summed E-state index contributed by atoms with van der Waals surface area (Å²) in [6, 6.07) is -0.745. The Kier molecular flexibility index (Phi) is 45.1. The predicted molar refractivity (Wildman–Crippen MR) is 281 cm³/mol. The van der Waals surface area contributed by atoms with Gasteiger partial charge in [-0.3, -0.25) is 9.59 Å². The molecule has 67 heavy (non-hydrogen) atoms. The minimum atomic E-state index is -1.14. The first-order valence-electron chi connectivity index (χ1n) is 26.1. The van der Waals surface area contributed by atoms with Crippen LogP contribution in [0.2, 0.25) is 0 Å². The van der Waals surface area contributed by atoms with E-state index in [-0.39, 0.29) is 49.1 Å². The zero-order valence-electron chi connectivity index (χ0n) is 43.0. The number of aliphatic carboxylic acids is 1. The fourth-order valence-electron chi connectivity index (χ4n) is 6.82. The maximum atomic E-state index is 12.8. The largest absolute Gasteiger partial charge is 0.544 e. The Morgan fingerprint density at radius 3 is 1.27 bits per heavy atom. The van der Waals surface area contributed by atoms with Gasteiger partial charge in [0.05, 0.1) is 40.3 Å². The number of hydrogen-bond acceptors (Lipinski definition) is 7. The van der Waals surface area contributed by atoms with Gasteiger partial charge in [0.15, 0.2) is 6.10 Å². The van der Waals surface area contributed by atoms with Gasteiger partial charge >= 0.3 is 11.9 Å². The van der Waals surface area contributed by atoms with Gasteiger partial charge in [-0.05, 0) is 109 Å². The number of carbonyl (C=O) groups excluding carboxylic acids is 3. The third-order valence-electron chi connectivity index (χ3n) is 10.8. The van der Waals surface area contributed by atoms with Crippen molar-refractivity contribution in [2.75, 3.05) is 41.0 Å². The molecule has 0 radical (unpaired) electrons. The lowest BCUT2D eigenvalue weighted by atomic mass is 10.1. The van der Waals surface area contributed by atoms with Crippen molar-refractivity contribution < 1.29 is 38.2 Å². The van der Waals surface area contributed by atoms with Crippen LogP contribution in [0.1, 0.15) is 181 Å². The first kappa shape index (κ1) is 62.7. The third kappa shape index (κ3) is 46.6. The Hall–Kier alpha value is -4.27. The molecule has 0 aliphatic heterocycles. The van der Waals surface area contributed by atoms with Crippen LogP contribution in [0.25, 0.3) is 0 Å². The molecule has 0 rings (SSSR count). The minimum absolute atomic E-state index is 0.00969. The molecule has 0 fully saturated rings. The molecule has 0 spiro atoms. The minimum Gasteiger partial charge on any atom is -0.544 e. The maximum absolute atomic E-state index is 12.8. The van der Waals surface area contributed by atoms with E-state index in [4.69, 9.17) is 14.2 Å². The van der Waals surface area contributed by atoms with Crippen LogP contribution in [0.15, 0.2) is 122 Å². The number of hydrogen-bond donors (Lipinski definition) is 0. The summed E-state index contributed by atoms with van der Waals surface area (Å²) in [5.41, 5.74) is 0. The first-order valence-corrected chi connectivity index (χ1v) is 26.1. The summed E-state index contributed by atoms with van der Waals surface area (Å²) in [7, 11) is 5.38. The molecule has 8 heteroatoms. The Morgan fingerprint density at radius 2 is 0.836 bits per heavy atom. The van der Waals surface area contributed by atoms with Gasteiger partial charge in [-0.2, -0.15) is 0 Å². The zero-order valence-corrected chi connectivity index (χ0v) is 43.0. The quantitative estimate of drug-likeness (QED) is 0.0259. The molecule has 0 amide bonds. The molecule has 0 aliphatic carbocycles. The second-order valence-corrected chi connectivity index (χ2v) is 18.0. The molecule has 0 aromatic heterocycles. The number of carboxylic acids is 1. The summed E-state index contributed by atoms with van der Waals surface area (Å²) in [6.07, 6.45) is 68.0. The normalized spacial score (nSPS) is 13.9. The van der Waals surface area contributed by atoms with Gasteiger partial charge in [0.25, 0.3) is 0 Å². The molecular weight excluding hydrogens is 835 g/mol. The van der Waals surface area contributed by atoms with E-state index in [0.717, 1.165) is 103 Å². The van der Waals surface area contributed by atoms with Crippen LogP contribution in [-0.4, -0.2) is 75.5 Å². The van der Waals surface area contributed by atoms with Crippen molar-refractivity contribution in [2.24, 2.45) is 0 Å². The number of unbranched alkanes of at least 4 members (excludes halogenated alkanes) is 11. The van der Waals surface area contributed by atoms with Crippen LogP contribution in [0.5, 0.6) is 0 Å². The number of quaternary nitrogens is 1. The fraction of sp³-hybridized carbons (Fsp3) is 0.610. The second kappa shape index (κ2) is 48.2. The Labute approximate surface area is 410 Å². The average molecular weight is 930 g/mol. The standard InChI is InChI=1S/C59H95NO7/c1-6-8-10-12-14-16-18-20-22-24-26-28-30-31-33-35-37-39-41-43-45-47-49-57(61)66-54-55(53-65-52-51-56(59(63)64)60(3,4)5)67-58(62)50-48-46-44-42-40-38-36-34-32-29-27-25-23-21-19-17-15-13-11-9-7-2/h8,10,14-17,20-23,26-29,31,33-34,36,40,42,55-56H,6-7,9,11-13,18-19,24-25,30,32,35,37-39,41,43-54H2,1-5H3/b10-8+,16-14+,17-15+,22-20+,23-21+,28-26+,29-27+,33-31+,36-34+,42-40+. The number of likely N-dealkylation sites (N-methyl/N-ethyl adjacent to an activating group) is 1. The third-order valence-corrected chi connectivity index (χ3v) is 10.8. The van der Waals surface area contributed by atoms with Gasteiger partial charge in [-0.25, -0.2) is 0 Å². The first-order chi connectivity index (χ1) is 32.6. The van der Waals surface area contributed by atoms with Gasteiger partial charge in [0, 0.05) is 19.3 Å². The molecule has 0 aliphatic rings. The lowest BCUT2D eigenvalue weighted by molar-refractivity contribution is -0.889. The summed E-state index contributed by atoms with van der Waals surface area (Å²) in [5.74, 6) is -1.82. The highest BCUT2D eigenvalue weighted by molar-refractivity contribution is 5.70. The number of rotatable bonds is 45. The number of allylic oxidation sites excluding steroid dienone is 20. The molecule has 0 aromatic rings. The second-order valence-electron chi connectivity index (χ2n) is 18.0. The number of carbonyl (C=O) groups is 3. The van der Waals surface area contributed by atoms with Crippen molar-refractivity contribution in [1.29, 1.82) is 0 Å². The summed E-state index contributed by atoms with van der Waals surface area (Å²) < 4.78 is 17.2. The van der Waals surface area contributed by atoms with Crippen LogP contribution in [-0.2, 0) is 28.6 Å². The van der Waals surface area contributed by atoms with Gasteiger partial charge in [0.1, 0.15) is 12.6 Å². The van der Waals surface area contributed by atoms with E-state index in [0.29, 0.717) is 12.8 Å². The molecule has 378 valence electrons. The van der Waals surface area contributed by atoms with E-state index in [9.17, 15) is 19.5 Å². The maximum Gasteiger partial charge on any atom is 0.306 e. The molecule has 0 N–H and O–H groups in total. The van der Waals surface area contributed by atoms with Crippen molar-refractivity contribution in [1.82, 2.24) is 0 Å². The fourth-order valence-corrected chi connectivity index (χ4v) is 6.82. The van der Waals surface area contributed by atoms with E-state index in [1.807, 2.05) is 0 Å². The van der Waals surface area contributed by atoms with Crippen molar-refractivity contribution in [3.8, 4) is 0 Å². The highest BCUT2D eigenvalue weighted by Crippen LogP contribution is 2.12. The molecule has 0 saturated heterocycles. The predicted octanol–water partition coefficient (Wildman–Crippen LogP) is 14.0. The zero-order chi connectivity index (χ0) is 49.2. The van der Waals surface area contributed by atoms with E-state index in [1.165, 1.54) is 38.5 Å². The lowest BCUT2D eigenvalue weighted by Gasteiger charge is -2.34. The van der Waals surface area contributed by atoms with Gasteiger partial charge < -0.3 is 28.6 Å². The molecule has 8 nitrogen and oxygen atoms in total. The Balaban J connectivity index is 4.39. The van der Waals surface area contributed by atoms with Crippen molar-refractivity contribution in [2.45, 2.75) is 193 Å². The molecule has 0 saturated carbocycles. The van der Waals surface area contributed by atoms with Gasteiger partial charge in [0.2, 0.25) is 0 Å². The topological polar surface area (TPSA) is 102 Å². The van der Waals surface area contributed by atoms with Crippen LogP contribution < -0.4 is 5.11 Å². The molecule has 2 unspecified atom stereocenters. The van der Waals surface area contributed by atoms with Crippen LogP contribution in [0.4, 0.5) is 0 Å². The summed E-state index contributed by atoms with van der Waals surface area (Å²) in [5, 5.41) is 11.7. The number of esters is 2. The number of carboxylic acid groups (broad SMARTS) is 1. The average Bonchev–Trinajstić information content (AvgIpc) is 3.29. The van der Waals surface area contributed by atoms with Crippen LogP contribution in [0.3, 0.4) is 0 Å². The molecule has 0 aromatic carbocycles. The number of ether oxygens (including phenoxy) is 3. The van der Waals surface area contributed by atoms with E-state index >= 15 is 0 Å². The van der Waals surface area contributed by atoms with E-state index in [2.05, 4.69) is 135 Å². The summed E-state index contributed by atoms with van der Waals surface area (Å²) >= 11 is 0. The Morgan fingerprint density at radius 1 is 0.463 bits per heavy atom. The number of nitrogens with zero attached hydrogens (tertiary/aromatic N) is 1. The molecule has 2 atom stereocenters. The van der Waals surface area contributed by atoms with Crippen molar-refractivity contribution in [3.63, 3.8) is 0 Å². The van der Waals surface area contributed by atoms with Crippen molar-refractivity contribution >= 4 is 17.9 Å². The Bertz CT molecular complexity index is 1500. The van der Waals surface area contributed by atoms with E-state index in [1.54, 1.807) is 21.1 Å². The van der Waals surface area contributed by atoms with Gasteiger partial charge in [-0.15, -0.1) is 0 Å². The lowest BCUT2D eigenvalue weighted by Crippen LogP contribution is -2.55. The monoisotopic (exact) mass is 930 g/mol. The highest BCUT2D eigenvalue weighted by Gasteiger charge is 2.25. The summed E-state index contributed by atoms with van der Waals surface area (Å²) in [4.78, 5) is 37.1. The van der Waals surface area contributed by atoms with Crippen molar-refractivity contribution in [3.05, 3.63) is 122 Å². The highest BCUT2D eigenvalue weighted by atomic mass is 16.6. The molecule has 0 heterocycles.